The topological polar surface area (TPSA) is 30.2 Å². The number of hydrogen-bond acceptors (Lipinski definition) is 2. The molecular formula is C28H40N3P. The van der Waals surface area contributed by atoms with E-state index in [2.05, 4.69) is 102 Å². The first kappa shape index (κ1) is 26.0. The molecule has 32 heavy (non-hydrogen) atoms. The molecular weight excluding hydrogens is 409 g/mol. The summed E-state index contributed by atoms with van der Waals surface area (Å²) in [5, 5.41) is 1.15. The Balaban J connectivity index is 0.000000547. The fourth-order valence-electron chi connectivity index (χ4n) is 3.66. The highest BCUT2D eigenvalue weighted by molar-refractivity contribution is 7.36. The lowest BCUT2D eigenvalue weighted by Gasteiger charge is -2.24. The first-order valence-corrected chi connectivity index (χ1v) is 12.9. The van der Waals surface area contributed by atoms with Gasteiger partial charge in [0.05, 0.1) is 16.6 Å². The third-order valence-electron chi connectivity index (χ3n) is 5.30. The van der Waals surface area contributed by atoms with Gasteiger partial charge >= 0.3 is 0 Å². The fraction of sp³-hybridized carbons (Fsp3) is 0.464. The molecule has 0 radical (unpaired) electrons. The number of aryl methyl sites for hydroxylation is 1. The Morgan fingerprint density at radius 1 is 0.906 bits per heavy atom. The Morgan fingerprint density at radius 3 is 2.03 bits per heavy atom. The predicted molar refractivity (Wildman–Crippen MR) is 146 cm³/mol. The highest BCUT2D eigenvalue weighted by atomic mass is 31.1. The van der Waals surface area contributed by atoms with Gasteiger partial charge in [-0.1, -0.05) is 80.7 Å². The van der Waals surface area contributed by atoms with Crippen LogP contribution in [-0.4, -0.2) is 26.8 Å². The highest BCUT2D eigenvalue weighted by Crippen LogP contribution is 2.34. The second-order valence-electron chi connectivity index (χ2n) is 9.91. The van der Waals surface area contributed by atoms with Gasteiger partial charge in [-0.25, -0.2) is 4.98 Å². The maximum absolute atomic E-state index is 5.05. The quantitative estimate of drug-likeness (QED) is 0.273. The summed E-state index contributed by atoms with van der Waals surface area (Å²) in [6.45, 7) is 21.7. The first-order valence-electron chi connectivity index (χ1n) is 11.6. The van der Waals surface area contributed by atoms with E-state index in [1.807, 2.05) is 13.8 Å². The number of aromatic nitrogens is 3. The van der Waals surface area contributed by atoms with Gasteiger partial charge in [-0.3, -0.25) is 9.38 Å². The third-order valence-corrected chi connectivity index (χ3v) is 5.75. The minimum Gasteiger partial charge on any atom is -0.295 e. The Hall–Kier alpha value is -2.25. The molecule has 3 heterocycles. The molecule has 0 unspecified atom stereocenters. The Kier molecular flexibility index (Phi) is 8.23. The number of pyridine rings is 2. The molecule has 0 saturated carbocycles. The van der Waals surface area contributed by atoms with Crippen LogP contribution in [0, 0.1) is 6.92 Å². The van der Waals surface area contributed by atoms with E-state index < -0.39 is 0 Å². The van der Waals surface area contributed by atoms with Crippen molar-refractivity contribution in [3.05, 3.63) is 53.3 Å². The van der Waals surface area contributed by atoms with E-state index in [1.54, 1.807) is 0 Å². The average molecular weight is 450 g/mol. The minimum atomic E-state index is -0.0107. The van der Waals surface area contributed by atoms with Crippen LogP contribution in [0.15, 0.2) is 36.4 Å². The normalized spacial score (nSPS) is 11.9. The number of nitrogens with zero attached hydrogens (tertiary/aromatic N) is 3. The van der Waals surface area contributed by atoms with E-state index in [0.717, 1.165) is 33.3 Å². The van der Waals surface area contributed by atoms with E-state index in [9.17, 15) is 0 Å². The Bertz CT molecular complexity index is 1220. The number of hydrogen-bond donors (Lipinski definition) is 0. The minimum absolute atomic E-state index is 0.0107. The average Bonchev–Trinajstić information content (AvgIpc) is 3.12. The van der Waals surface area contributed by atoms with Gasteiger partial charge in [0.1, 0.15) is 5.65 Å². The number of para-hydroxylation sites is 2. The van der Waals surface area contributed by atoms with Gasteiger partial charge in [-0.05, 0) is 42.9 Å². The number of benzene rings is 1. The zero-order chi connectivity index (χ0) is 24.3. The molecule has 0 N–H and O–H groups in total. The van der Waals surface area contributed by atoms with Gasteiger partial charge in [-0.2, -0.15) is 0 Å². The van der Waals surface area contributed by atoms with Crippen LogP contribution < -0.4 is 0 Å². The van der Waals surface area contributed by atoms with Crippen molar-refractivity contribution < 1.29 is 0 Å². The molecule has 0 amide bonds. The Morgan fingerprint density at radius 2 is 1.50 bits per heavy atom. The molecule has 0 aliphatic rings. The van der Waals surface area contributed by atoms with Crippen molar-refractivity contribution in [1.29, 1.82) is 0 Å². The fourth-order valence-corrected chi connectivity index (χ4v) is 3.66. The molecule has 0 saturated heterocycles. The number of fused-ring (bicyclic) bond motifs is 5. The zero-order valence-corrected chi connectivity index (χ0v) is 22.6. The summed E-state index contributed by atoms with van der Waals surface area (Å²) >= 11 is 0. The van der Waals surface area contributed by atoms with E-state index >= 15 is 0 Å². The highest BCUT2D eigenvalue weighted by Gasteiger charge is 2.24. The maximum atomic E-state index is 5.05. The van der Waals surface area contributed by atoms with Crippen LogP contribution in [0.5, 0.6) is 0 Å². The van der Waals surface area contributed by atoms with Crippen LogP contribution >= 0.6 is 8.20 Å². The lowest BCUT2D eigenvalue weighted by atomic mass is 9.88. The van der Waals surface area contributed by atoms with Crippen LogP contribution in [0.25, 0.3) is 27.6 Å². The number of rotatable bonds is 1. The van der Waals surface area contributed by atoms with Crippen LogP contribution in [0.4, 0.5) is 0 Å². The third kappa shape index (κ3) is 5.21. The standard InChI is InChI=1S/C23H27N3.C3H7P.C2H6/c1-14-12-18(22(2,3)4)24-16-13-19(23(5,6)7)26-17-11-9-8-10-15(17)25-21(26)20(14)16;1-3-4-2;1-2/h8-13H,1-7H3;2-3H2,1H3;1-2H3. The molecule has 1 aromatic carbocycles. The van der Waals surface area contributed by atoms with Gasteiger partial charge in [0.2, 0.25) is 0 Å². The molecule has 4 heteroatoms. The van der Waals surface area contributed by atoms with Gasteiger partial charge < -0.3 is 0 Å². The Labute approximate surface area is 196 Å². The number of imidazole rings is 1. The molecule has 172 valence electrons. The summed E-state index contributed by atoms with van der Waals surface area (Å²) in [6, 6.07) is 12.9. The molecule has 0 fully saturated rings. The zero-order valence-electron chi connectivity index (χ0n) is 21.7. The molecule has 3 nitrogen and oxygen atoms in total. The van der Waals surface area contributed by atoms with Gasteiger partial charge in [0.15, 0.2) is 0 Å². The van der Waals surface area contributed by atoms with Gasteiger partial charge in [0, 0.05) is 27.6 Å². The molecule has 0 aliphatic heterocycles. The summed E-state index contributed by atoms with van der Waals surface area (Å²) in [5.74, 6) is 0. The van der Waals surface area contributed by atoms with Crippen molar-refractivity contribution in [3.63, 3.8) is 0 Å². The second kappa shape index (κ2) is 10.1. The smallest absolute Gasteiger partial charge is 0.147 e. The summed E-state index contributed by atoms with van der Waals surface area (Å²) in [5.41, 5.74) is 7.87. The van der Waals surface area contributed by atoms with Crippen molar-refractivity contribution in [3.8, 4) is 0 Å². The first-order chi connectivity index (χ1) is 15.0. The van der Waals surface area contributed by atoms with Crippen molar-refractivity contribution in [2.24, 2.45) is 0 Å². The molecule has 0 aliphatic carbocycles. The van der Waals surface area contributed by atoms with E-state index in [0.29, 0.717) is 0 Å². The largest absolute Gasteiger partial charge is 0.295 e. The van der Waals surface area contributed by atoms with Crippen molar-refractivity contribution >= 4 is 42.1 Å². The molecule has 0 bridgehead atoms. The second-order valence-corrected chi connectivity index (χ2v) is 11.0. The molecule has 4 rings (SSSR count). The van der Waals surface area contributed by atoms with Crippen molar-refractivity contribution in [1.82, 2.24) is 14.4 Å². The van der Waals surface area contributed by atoms with Crippen LogP contribution in [0.3, 0.4) is 0 Å². The van der Waals surface area contributed by atoms with E-state index in [1.165, 1.54) is 25.6 Å². The maximum Gasteiger partial charge on any atom is 0.147 e. The summed E-state index contributed by atoms with van der Waals surface area (Å²) in [7, 11) is 1.25. The predicted octanol–water partition coefficient (Wildman–Crippen LogP) is 8.35. The molecule has 0 atom stereocenters. The lowest BCUT2D eigenvalue weighted by molar-refractivity contribution is 0.562. The van der Waals surface area contributed by atoms with Crippen molar-refractivity contribution in [2.75, 3.05) is 6.16 Å². The monoisotopic (exact) mass is 449 g/mol. The van der Waals surface area contributed by atoms with Gasteiger partial charge in [0.25, 0.3) is 0 Å². The lowest BCUT2D eigenvalue weighted by Crippen LogP contribution is -2.18. The van der Waals surface area contributed by atoms with E-state index in [-0.39, 0.29) is 10.8 Å². The SMILES string of the molecule is C=PCC.CC.Cc1cc(C(C)(C)C)nc2cc(C(C)(C)C)n3c4ccccc4nc3c12. The summed E-state index contributed by atoms with van der Waals surface area (Å²) < 4.78 is 2.32. The van der Waals surface area contributed by atoms with Gasteiger partial charge in [-0.15, -0.1) is 8.20 Å². The summed E-state index contributed by atoms with van der Waals surface area (Å²) in [6.07, 6.45) is 4.76. The molecule has 0 spiro atoms. The van der Waals surface area contributed by atoms with E-state index in [4.69, 9.17) is 9.97 Å². The summed E-state index contributed by atoms with van der Waals surface area (Å²) in [4.78, 5) is 10.0. The molecule has 3 aromatic heterocycles. The van der Waals surface area contributed by atoms with Crippen LogP contribution in [0.2, 0.25) is 0 Å². The molecule has 4 aromatic rings. The van der Waals surface area contributed by atoms with Crippen LogP contribution in [-0.2, 0) is 10.8 Å². The van der Waals surface area contributed by atoms with Crippen molar-refractivity contribution in [2.45, 2.75) is 80.1 Å². The van der Waals surface area contributed by atoms with Crippen LogP contribution in [0.1, 0.15) is 79.3 Å².